The highest BCUT2D eigenvalue weighted by Gasteiger charge is 2.06. The highest BCUT2D eigenvalue weighted by Crippen LogP contribution is 2.24. The average molecular weight is 273 g/mol. The van der Waals surface area contributed by atoms with Crippen LogP contribution in [0.15, 0.2) is 40.8 Å². The molecule has 1 unspecified atom stereocenters. The molecule has 3 heteroatoms. The third-order valence-electron chi connectivity index (χ3n) is 3.19. The van der Waals surface area contributed by atoms with E-state index in [1.807, 2.05) is 36.4 Å². The minimum atomic E-state index is -0.434. The molecule has 1 aromatic carbocycles. The molecule has 20 heavy (non-hydrogen) atoms. The quantitative estimate of drug-likeness (QED) is 0.842. The van der Waals surface area contributed by atoms with Gasteiger partial charge < -0.3 is 14.8 Å². The van der Waals surface area contributed by atoms with E-state index in [2.05, 4.69) is 19.2 Å². The second-order valence-corrected chi connectivity index (χ2v) is 5.59. The van der Waals surface area contributed by atoms with E-state index in [4.69, 9.17) is 4.42 Å². The number of aliphatic hydroxyl groups is 1. The van der Waals surface area contributed by atoms with E-state index >= 15 is 0 Å². The Morgan fingerprint density at radius 3 is 2.35 bits per heavy atom. The van der Waals surface area contributed by atoms with Crippen LogP contribution in [0.1, 0.15) is 38.2 Å². The van der Waals surface area contributed by atoms with Crippen LogP contribution < -0.4 is 5.32 Å². The van der Waals surface area contributed by atoms with E-state index in [9.17, 15) is 5.11 Å². The predicted octanol–water partition coefficient (Wildman–Crippen LogP) is 3.75. The Morgan fingerprint density at radius 2 is 1.75 bits per heavy atom. The lowest BCUT2D eigenvalue weighted by molar-refractivity contribution is 0.199. The van der Waals surface area contributed by atoms with E-state index in [0.717, 1.165) is 35.7 Å². The minimum absolute atomic E-state index is 0.434. The van der Waals surface area contributed by atoms with Crippen molar-refractivity contribution < 1.29 is 9.52 Å². The van der Waals surface area contributed by atoms with Gasteiger partial charge in [-0.3, -0.25) is 0 Å². The van der Waals surface area contributed by atoms with E-state index in [1.54, 1.807) is 6.92 Å². The predicted molar refractivity (Wildman–Crippen MR) is 81.3 cm³/mol. The summed E-state index contributed by atoms with van der Waals surface area (Å²) in [4.78, 5) is 0. The summed E-state index contributed by atoms with van der Waals surface area (Å²) in [5.74, 6) is 2.45. The monoisotopic (exact) mass is 273 g/mol. The molecule has 108 valence electrons. The standard InChI is InChI=1S/C17H23NO2/c1-12(2)10-18-11-16-8-9-17(20-16)15-6-4-14(5-7-15)13(3)19/h4-9,12-13,18-19H,10-11H2,1-3H3. The van der Waals surface area contributed by atoms with E-state index in [1.165, 1.54) is 0 Å². The molecule has 2 rings (SSSR count). The zero-order valence-corrected chi connectivity index (χ0v) is 12.4. The molecular weight excluding hydrogens is 250 g/mol. The van der Waals surface area contributed by atoms with Crippen molar-refractivity contribution in [2.45, 2.75) is 33.4 Å². The molecule has 0 amide bonds. The molecule has 0 saturated heterocycles. The van der Waals surface area contributed by atoms with Crippen LogP contribution in [0.4, 0.5) is 0 Å². The van der Waals surface area contributed by atoms with Crippen LogP contribution in [0.25, 0.3) is 11.3 Å². The summed E-state index contributed by atoms with van der Waals surface area (Å²) < 4.78 is 5.83. The maximum Gasteiger partial charge on any atom is 0.134 e. The first kappa shape index (κ1) is 14.8. The third kappa shape index (κ3) is 3.95. The van der Waals surface area contributed by atoms with Gasteiger partial charge in [0.2, 0.25) is 0 Å². The fourth-order valence-electron chi connectivity index (χ4n) is 2.04. The van der Waals surface area contributed by atoms with Gasteiger partial charge in [-0.15, -0.1) is 0 Å². The van der Waals surface area contributed by atoms with Crippen molar-refractivity contribution in [3.8, 4) is 11.3 Å². The molecule has 0 spiro atoms. The summed E-state index contributed by atoms with van der Waals surface area (Å²) in [7, 11) is 0. The van der Waals surface area contributed by atoms with Crippen LogP contribution in [0.2, 0.25) is 0 Å². The molecule has 2 aromatic rings. The lowest BCUT2D eigenvalue weighted by atomic mass is 10.1. The second kappa shape index (κ2) is 6.73. The van der Waals surface area contributed by atoms with Gasteiger partial charge in [-0.05, 0) is 37.1 Å². The molecule has 0 radical (unpaired) electrons. The van der Waals surface area contributed by atoms with Gasteiger partial charge in [-0.2, -0.15) is 0 Å². The topological polar surface area (TPSA) is 45.4 Å². The summed E-state index contributed by atoms with van der Waals surface area (Å²) in [6, 6.07) is 11.8. The van der Waals surface area contributed by atoms with Crippen molar-refractivity contribution in [3.63, 3.8) is 0 Å². The highest BCUT2D eigenvalue weighted by atomic mass is 16.3. The fraction of sp³-hybridized carbons (Fsp3) is 0.412. The minimum Gasteiger partial charge on any atom is -0.460 e. The lowest BCUT2D eigenvalue weighted by Crippen LogP contribution is -2.18. The Labute approximate surface area is 120 Å². The smallest absolute Gasteiger partial charge is 0.134 e. The van der Waals surface area contributed by atoms with Gasteiger partial charge in [-0.1, -0.05) is 38.1 Å². The third-order valence-corrected chi connectivity index (χ3v) is 3.19. The molecule has 0 bridgehead atoms. The molecule has 2 N–H and O–H groups in total. The van der Waals surface area contributed by atoms with Crippen molar-refractivity contribution in [2.24, 2.45) is 5.92 Å². The van der Waals surface area contributed by atoms with Gasteiger partial charge in [-0.25, -0.2) is 0 Å². The van der Waals surface area contributed by atoms with Gasteiger partial charge in [0.15, 0.2) is 0 Å². The zero-order chi connectivity index (χ0) is 14.5. The summed E-state index contributed by atoms with van der Waals surface area (Å²) >= 11 is 0. The second-order valence-electron chi connectivity index (χ2n) is 5.59. The first-order valence-corrected chi connectivity index (χ1v) is 7.14. The summed E-state index contributed by atoms with van der Waals surface area (Å²) in [5.41, 5.74) is 1.95. The van der Waals surface area contributed by atoms with Crippen molar-refractivity contribution in [2.75, 3.05) is 6.54 Å². The number of nitrogens with one attached hydrogen (secondary N) is 1. The number of aliphatic hydroxyl groups excluding tert-OH is 1. The number of benzene rings is 1. The zero-order valence-electron chi connectivity index (χ0n) is 12.4. The number of rotatable bonds is 6. The molecule has 1 aromatic heterocycles. The van der Waals surface area contributed by atoms with Crippen LogP contribution in [0.3, 0.4) is 0 Å². The molecule has 1 heterocycles. The summed E-state index contributed by atoms with van der Waals surface area (Å²) in [6.07, 6.45) is -0.434. The molecule has 1 atom stereocenters. The van der Waals surface area contributed by atoms with Crippen LogP contribution in [0.5, 0.6) is 0 Å². The maximum absolute atomic E-state index is 9.50. The van der Waals surface area contributed by atoms with Gasteiger partial charge >= 0.3 is 0 Å². The molecule has 0 fully saturated rings. The number of furan rings is 1. The Bertz CT molecular complexity index is 526. The van der Waals surface area contributed by atoms with Gasteiger partial charge in [0.25, 0.3) is 0 Å². The summed E-state index contributed by atoms with van der Waals surface area (Å²) in [6.45, 7) is 7.87. The SMILES string of the molecule is CC(C)CNCc1ccc(-c2ccc(C(C)O)cc2)o1. The molecule has 0 aliphatic carbocycles. The van der Waals surface area contributed by atoms with Crippen LogP contribution in [-0.4, -0.2) is 11.7 Å². The molecule has 0 aliphatic rings. The Balaban J connectivity index is 2.01. The van der Waals surface area contributed by atoms with Crippen LogP contribution >= 0.6 is 0 Å². The van der Waals surface area contributed by atoms with Crippen molar-refractivity contribution in [3.05, 3.63) is 47.7 Å². The van der Waals surface area contributed by atoms with Crippen LogP contribution in [0, 0.1) is 5.92 Å². The maximum atomic E-state index is 9.50. The van der Waals surface area contributed by atoms with Crippen LogP contribution in [-0.2, 0) is 6.54 Å². The Morgan fingerprint density at radius 1 is 1.05 bits per heavy atom. The fourth-order valence-corrected chi connectivity index (χ4v) is 2.04. The largest absolute Gasteiger partial charge is 0.460 e. The van der Waals surface area contributed by atoms with Gasteiger partial charge in [0.1, 0.15) is 11.5 Å². The molecule has 0 aliphatic heterocycles. The Kier molecular flexibility index (Phi) is 4.99. The number of hydrogen-bond donors (Lipinski definition) is 2. The Hall–Kier alpha value is -1.58. The molecular formula is C17H23NO2. The van der Waals surface area contributed by atoms with Gasteiger partial charge in [0.05, 0.1) is 12.6 Å². The summed E-state index contributed by atoms with van der Waals surface area (Å²) in [5, 5.41) is 12.9. The molecule has 3 nitrogen and oxygen atoms in total. The van der Waals surface area contributed by atoms with E-state index < -0.39 is 6.10 Å². The van der Waals surface area contributed by atoms with Crippen molar-refractivity contribution in [1.82, 2.24) is 5.32 Å². The van der Waals surface area contributed by atoms with Gasteiger partial charge in [0, 0.05) is 5.56 Å². The van der Waals surface area contributed by atoms with E-state index in [-0.39, 0.29) is 0 Å². The first-order valence-electron chi connectivity index (χ1n) is 7.14. The van der Waals surface area contributed by atoms with E-state index in [0.29, 0.717) is 5.92 Å². The average Bonchev–Trinajstić information content (AvgIpc) is 2.87. The van der Waals surface area contributed by atoms with Crippen molar-refractivity contribution >= 4 is 0 Å². The van der Waals surface area contributed by atoms with Crippen molar-refractivity contribution in [1.29, 1.82) is 0 Å². The normalized spacial score (nSPS) is 12.8. The molecule has 0 saturated carbocycles. The highest BCUT2D eigenvalue weighted by molar-refractivity contribution is 5.58. The number of hydrogen-bond acceptors (Lipinski definition) is 3. The lowest BCUT2D eigenvalue weighted by Gasteiger charge is -2.06. The first-order chi connectivity index (χ1) is 9.56.